The van der Waals surface area contributed by atoms with E-state index < -0.39 is 0 Å². The van der Waals surface area contributed by atoms with Crippen LogP contribution in [0.3, 0.4) is 0 Å². The Kier molecular flexibility index (Phi) is 2.68. The molecule has 0 unspecified atom stereocenters. The Bertz CT molecular complexity index is 748. The number of nitrogens with one attached hydrogen (secondary N) is 1. The summed E-state index contributed by atoms with van der Waals surface area (Å²) in [7, 11) is 0. The summed E-state index contributed by atoms with van der Waals surface area (Å²) < 4.78 is 0. The molecule has 0 bridgehead atoms. The molecule has 0 aliphatic rings. The van der Waals surface area contributed by atoms with E-state index in [4.69, 9.17) is 5.73 Å². The third-order valence-electron chi connectivity index (χ3n) is 3.22. The molecule has 3 rings (SSSR count). The minimum absolute atomic E-state index is 0.249. The number of H-pyrrole nitrogens is 1. The van der Waals surface area contributed by atoms with Crippen molar-refractivity contribution >= 4 is 10.9 Å². The number of hydrogen-bond donors (Lipinski definition) is 3. The summed E-state index contributed by atoms with van der Waals surface area (Å²) in [4.78, 5) is 3.22. The van der Waals surface area contributed by atoms with Crippen LogP contribution in [0.5, 0.6) is 5.75 Å². The largest absolute Gasteiger partial charge is 0.507 e. The average Bonchev–Trinajstić information content (AvgIpc) is 2.85. The second-order valence-electron chi connectivity index (χ2n) is 4.47. The van der Waals surface area contributed by atoms with Crippen molar-refractivity contribution in [2.75, 3.05) is 0 Å². The van der Waals surface area contributed by atoms with Crippen LogP contribution in [0.4, 0.5) is 0 Å². The van der Waals surface area contributed by atoms with E-state index in [2.05, 4.69) is 15.2 Å². The molecule has 1 aromatic carbocycles. The quantitative estimate of drug-likeness (QED) is 0.653. The predicted octanol–water partition coefficient (Wildman–Crippen LogP) is 2.10. The molecule has 0 spiro atoms. The Morgan fingerprint density at radius 2 is 2.11 bits per heavy atom. The van der Waals surface area contributed by atoms with Crippen molar-refractivity contribution < 1.29 is 5.11 Å². The molecule has 0 saturated carbocycles. The Hall–Kier alpha value is -2.40. The molecule has 3 aromatic rings. The maximum absolute atomic E-state index is 9.80. The van der Waals surface area contributed by atoms with Crippen LogP contribution in [0.2, 0.25) is 0 Å². The number of aromatic nitrogens is 3. The lowest BCUT2D eigenvalue weighted by atomic mass is 10.1. The highest BCUT2D eigenvalue weighted by atomic mass is 16.3. The van der Waals surface area contributed by atoms with Crippen molar-refractivity contribution in [2.24, 2.45) is 5.73 Å². The van der Waals surface area contributed by atoms with Gasteiger partial charge in [-0.3, -0.25) is 0 Å². The van der Waals surface area contributed by atoms with Gasteiger partial charge in [-0.15, -0.1) is 5.10 Å². The summed E-state index contributed by atoms with van der Waals surface area (Å²) in [5.74, 6) is 0.249. The lowest BCUT2D eigenvalue weighted by Gasteiger charge is -2.03. The van der Waals surface area contributed by atoms with Gasteiger partial charge in [0.25, 0.3) is 0 Å². The number of aryl methyl sites for hydroxylation is 1. The molecular formula is C14H14N4O. The van der Waals surface area contributed by atoms with Crippen molar-refractivity contribution in [1.82, 2.24) is 15.2 Å². The molecule has 0 amide bonds. The number of aromatic amines is 1. The van der Waals surface area contributed by atoms with Crippen molar-refractivity contribution in [2.45, 2.75) is 13.5 Å². The molecule has 0 fully saturated rings. The van der Waals surface area contributed by atoms with E-state index in [0.717, 1.165) is 33.5 Å². The van der Waals surface area contributed by atoms with Crippen LogP contribution in [-0.4, -0.2) is 20.3 Å². The maximum Gasteiger partial charge on any atom is 0.124 e. The normalized spacial score (nSPS) is 11.1. The molecule has 0 saturated heterocycles. The minimum atomic E-state index is 0.249. The number of nitrogens with two attached hydrogens (primary N) is 1. The van der Waals surface area contributed by atoms with Crippen LogP contribution >= 0.6 is 0 Å². The molecule has 5 heteroatoms. The summed E-state index contributed by atoms with van der Waals surface area (Å²) >= 11 is 0. The van der Waals surface area contributed by atoms with Gasteiger partial charge in [-0.05, 0) is 36.8 Å². The number of nitrogens with zero attached hydrogens (tertiary/aromatic N) is 2. The van der Waals surface area contributed by atoms with Gasteiger partial charge in [0.2, 0.25) is 0 Å². The number of fused-ring (bicyclic) bond motifs is 1. The molecule has 5 nitrogen and oxygen atoms in total. The van der Waals surface area contributed by atoms with Crippen molar-refractivity contribution in [1.29, 1.82) is 0 Å². The van der Waals surface area contributed by atoms with Gasteiger partial charge in [-0.1, -0.05) is 6.07 Å². The first-order chi connectivity index (χ1) is 9.19. The molecular weight excluding hydrogens is 240 g/mol. The standard InChI is InChI=1S/C14H14N4O/c1-8-9(7-15)5-13(18-17-8)12-6-10-11(16-12)3-2-4-14(10)19/h2-6,16,19H,7,15H2,1H3. The zero-order valence-electron chi connectivity index (χ0n) is 10.5. The zero-order chi connectivity index (χ0) is 13.4. The SMILES string of the molecule is Cc1nnc(-c2cc3c(O)cccc3[nH]2)cc1CN. The van der Waals surface area contributed by atoms with Gasteiger partial charge in [0.15, 0.2) is 0 Å². The summed E-state index contributed by atoms with van der Waals surface area (Å²) in [6.07, 6.45) is 0. The number of rotatable bonds is 2. The highest BCUT2D eigenvalue weighted by Crippen LogP contribution is 2.29. The second-order valence-corrected chi connectivity index (χ2v) is 4.47. The first kappa shape index (κ1) is 11.7. The fraction of sp³-hybridized carbons (Fsp3) is 0.143. The molecule has 2 heterocycles. The fourth-order valence-corrected chi connectivity index (χ4v) is 2.11. The first-order valence-corrected chi connectivity index (χ1v) is 6.03. The number of phenolic OH excluding ortho intramolecular Hbond substituents is 1. The van der Waals surface area contributed by atoms with Crippen molar-refractivity contribution in [3.8, 4) is 17.1 Å². The maximum atomic E-state index is 9.80. The third-order valence-corrected chi connectivity index (χ3v) is 3.22. The van der Waals surface area contributed by atoms with Crippen molar-refractivity contribution in [3.05, 3.63) is 41.6 Å². The Balaban J connectivity index is 2.16. The Morgan fingerprint density at radius 1 is 1.26 bits per heavy atom. The topological polar surface area (TPSA) is 87.8 Å². The van der Waals surface area contributed by atoms with Gasteiger partial charge in [0.05, 0.1) is 11.4 Å². The van der Waals surface area contributed by atoms with Gasteiger partial charge < -0.3 is 15.8 Å². The number of benzene rings is 1. The molecule has 96 valence electrons. The second kappa shape index (κ2) is 4.37. The molecule has 0 atom stereocenters. The van der Waals surface area contributed by atoms with Gasteiger partial charge in [-0.25, -0.2) is 0 Å². The van der Waals surface area contributed by atoms with Gasteiger partial charge >= 0.3 is 0 Å². The van der Waals surface area contributed by atoms with Gasteiger partial charge in [0, 0.05) is 17.4 Å². The molecule has 0 aliphatic carbocycles. The minimum Gasteiger partial charge on any atom is -0.507 e. The molecule has 19 heavy (non-hydrogen) atoms. The number of hydrogen-bond acceptors (Lipinski definition) is 4. The summed E-state index contributed by atoms with van der Waals surface area (Å²) in [6, 6.07) is 9.15. The zero-order valence-corrected chi connectivity index (χ0v) is 10.5. The van der Waals surface area contributed by atoms with Crippen LogP contribution in [-0.2, 0) is 6.54 Å². The van der Waals surface area contributed by atoms with Crippen LogP contribution in [0.1, 0.15) is 11.3 Å². The van der Waals surface area contributed by atoms with Crippen LogP contribution in [0.25, 0.3) is 22.3 Å². The lowest BCUT2D eigenvalue weighted by molar-refractivity contribution is 0.482. The van der Waals surface area contributed by atoms with E-state index in [1.807, 2.05) is 25.1 Å². The average molecular weight is 254 g/mol. The smallest absolute Gasteiger partial charge is 0.124 e. The summed E-state index contributed by atoms with van der Waals surface area (Å²) in [5.41, 5.74) is 9.89. The van der Waals surface area contributed by atoms with E-state index in [1.54, 1.807) is 12.1 Å². The lowest BCUT2D eigenvalue weighted by Crippen LogP contribution is -2.03. The van der Waals surface area contributed by atoms with E-state index >= 15 is 0 Å². The fourth-order valence-electron chi connectivity index (χ4n) is 2.11. The highest BCUT2D eigenvalue weighted by Gasteiger charge is 2.09. The third kappa shape index (κ3) is 1.94. The summed E-state index contributed by atoms with van der Waals surface area (Å²) in [6.45, 7) is 2.32. The summed E-state index contributed by atoms with van der Waals surface area (Å²) in [5, 5.41) is 18.8. The van der Waals surface area contributed by atoms with E-state index in [9.17, 15) is 5.11 Å². The molecule has 2 aromatic heterocycles. The van der Waals surface area contributed by atoms with Crippen LogP contribution in [0, 0.1) is 6.92 Å². The number of aromatic hydroxyl groups is 1. The Labute approximate surface area is 110 Å². The van der Waals surface area contributed by atoms with Crippen molar-refractivity contribution in [3.63, 3.8) is 0 Å². The van der Waals surface area contributed by atoms with Gasteiger partial charge in [0.1, 0.15) is 11.4 Å². The monoisotopic (exact) mass is 254 g/mol. The molecule has 0 radical (unpaired) electrons. The van der Waals surface area contributed by atoms with Gasteiger partial charge in [-0.2, -0.15) is 5.10 Å². The first-order valence-electron chi connectivity index (χ1n) is 6.03. The highest BCUT2D eigenvalue weighted by molar-refractivity contribution is 5.90. The van der Waals surface area contributed by atoms with Crippen LogP contribution < -0.4 is 5.73 Å². The van der Waals surface area contributed by atoms with Crippen LogP contribution in [0.15, 0.2) is 30.3 Å². The van der Waals surface area contributed by atoms with E-state index in [-0.39, 0.29) is 5.75 Å². The Morgan fingerprint density at radius 3 is 2.84 bits per heavy atom. The van der Waals surface area contributed by atoms with E-state index in [1.165, 1.54) is 0 Å². The predicted molar refractivity (Wildman–Crippen MR) is 73.6 cm³/mol. The molecule has 0 aliphatic heterocycles. The molecule has 4 N–H and O–H groups in total. The number of phenols is 1. The van der Waals surface area contributed by atoms with E-state index in [0.29, 0.717) is 6.54 Å².